The van der Waals surface area contributed by atoms with Crippen molar-refractivity contribution in [1.82, 2.24) is 5.32 Å². The molecule has 4 nitrogen and oxygen atoms in total. The summed E-state index contributed by atoms with van der Waals surface area (Å²) in [5.74, 6) is 0.607. The van der Waals surface area contributed by atoms with Gasteiger partial charge in [0.1, 0.15) is 0 Å². The van der Waals surface area contributed by atoms with E-state index in [1.54, 1.807) is 19.2 Å². The van der Waals surface area contributed by atoms with Gasteiger partial charge in [-0.2, -0.15) is 0 Å². The second kappa shape index (κ2) is 4.04. The third-order valence-corrected chi connectivity index (χ3v) is 2.99. The minimum absolute atomic E-state index is 0.113. The van der Waals surface area contributed by atoms with Crippen LogP contribution in [0.15, 0.2) is 18.2 Å². The SMILES string of the molecule is CNC(=O)c1ccc(NC2CC2C)c(N)c1. The highest BCUT2D eigenvalue weighted by molar-refractivity contribution is 5.95. The van der Waals surface area contributed by atoms with Crippen LogP contribution in [0.5, 0.6) is 0 Å². The van der Waals surface area contributed by atoms with Gasteiger partial charge in [-0.3, -0.25) is 4.79 Å². The lowest BCUT2D eigenvalue weighted by molar-refractivity contribution is 0.0963. The van der Waals surface area contributed by atoms with Crippen LogP contribution in [-0.2, 0) is 0 Å². The van der Waals surface area contributed by atoms with Crippen LogP contribution in [0.1, 0.15) is 23.7 Å². The molecule has 16 heavy (non-hydrogen) atoms. The molecule has 1 aliphatic carbocycles. The van der Waals surface area contributed by atoms with Crippen molar-refractivity contribution < 1.29 is 4.79 Å². The minimum atomic E-state index is -0.113. The molecule has 1 saturated carbocycles. The average Bonchev–Trinajstić information content (AvgIpc) is 2.96. The van der Waals surface area contributed by atoms with Crippen LogP contribution in [0.25, 0.3) is 0 Å². The monoisotopic (exact) mass is 219 g/mol. The first-order chi connectivity index (χ1) is 7.61. The number of nitrogen functional groups attached to an aromatic ring is 1. The number of carbonyl (C=O) groups is 1. The largest absolute Gasteiger partial charge is 0.397 e. The van der Waals surface area contributed by atoms with Crippen molar-refractivity contribution in [2.24, 2.45) is 5.92 Å². The average molecular weight is 219 g/mol. The van der Waals surface area contributed by atoms with Gasteiger partial charge in [-0.1, -0.05) is 6.92 Å². The highest BCUT2D eigenvalue weighted by Gasteiger charge is 2.32. The second-order valence-corrected chi connectivity index (χ2v) is 4.34. The molecule has 4 heteroatoms. The highest BCUT2D eigenvalue weighted by atomic mass is 16.1. The van der Waals surface area contributed by atoms with Crippen LogP contribution < -0.4 is 16.4 Å². The topological polar surface area (TPSA) is 67.2 Å². The van der Waals surface area contributed by atoms with E-state index in [-0.39, 0.29) is 5.91 Å². The quantitative estimate of drug-likeness (QED) is 0.674. The van der Waals surface area contributed by atoms with Crippen molar-refractivity contribution >= 4 is 17.3 Å². The Labute approximate surface area is 95.2 Å². The number of benzene rings is 1. The van der Waals surface area contributed by atoms with Gasteiger partial charge >= 0.3 is 0 Å². The fourth-order valence-electron chi connectivity index (χ4n) is 1.70. The summed E-state index contributed by atoms with van der Waals surface area (Å²) in [7, 11) is 1.61. The molecule has 0 spiro atoms. The highest BCUT2D eigenvalue weighted by Crippen LogP contribution is 2.34. The molecule has 2 unspecified atom stereocenters. The Balaban J connectivity index is 2.13. The Morgan fingerprint density at radius 3 is 2.69 bits per heavy atom. The Morgan fingerprint density at radius 1 is 1.50 bits per heavy atom. The van der Waals surface area contributed by atoms with Crippen molar-refractivity contribution in [2.75, 3.05) is 18.1 Å². The number of anilines is 2. The van der Waals surface area contributed by atoms with Crippen molar-refractivity contribution in [1.29, 1.82) is 0 Å². The Morgan fingerprint density at radius 2 is 2.19 bits per heavy atom. The maximum Gasteiger partial charge on any atom is 0.251 e. The Kier molecular flexibility index (Phi) is 2.73. The lowest BCUT2D eigenvalue weighted by Gasteiger charge is -2.10. The predicted molar refractivity (Wildman–Crippen MR) is 65.4 cm³/mol. The zero-order chi connectivity index (χ0) is 11.7. The van der Waals surface area contributed by atoms with Crippen molar-refractivity contribution in [3.8, 4) is 0 Å². The van der Waals surface area contributed by atoms with Gasteiger partial charge < -0.3 is 16.4 Å². The minimum Gasteiger partial charge on any atom is -0.397 e. The van der Waals surface area contributed by atoms with Gasteiger partial charge in [0.2, 0.25) is 0 Å². The van der Waals surface area contributed by atoms with E-state index < -0.39 is 0 Å². The lowest BCUT2D eigenvalue weighted by Crippen LogP contribution is -2.18. The summed E-state index contributed by atoms with van der Waals surface area (Å²) in [5, 5.41) is 5.93. The first kappa shape index (κ1) is 10.8. The molecule has 1 aromatic rings. The number of hydrogen-bond donors (Lipinski definition) is 3. The van der Waals surface area contributed by atoms with Gasteiger partial charge in [0.15, 0.2) is 0 Å². The van der Waals surface area contributed by atoms with Crippen LogP contribution in [0, 0.1) is 5.92 Å². The molecular weight excluding hydrogens is 202 g/mol. The zero-order valence-electron chi connectivity index (χ0n) is 9.58. The molecule has 2 rings (SSSR count). The van der Waals surface area contributed by atoms with E-state index in [1.807, 2.05) is 6.07 Å². The summed E-state index contributed by atoms with van der Waals surface area (Å²) < 4.78 is 0. The standard InChI is InChI=1S/C12H17N3O/c1-7-5-11(7)15-10-4-3-8(6-9(10)13)12(16)14-2/h3-4,6-7,11,15H,5,13H2,1-2H3,(H,14,16). The second-order valence-electron chi connectivity index (χ2n) is 4.34. The summed E-state index contributed by atoms with van der Waals surface area (Å²) in [6.45, 7) is 2.20. The summed E-state index contributed by atoms with van der Waals surface area (Å²) in [4.78, 5) is 11.4. The van der Waals surface area contributed by atoms with Crippen LogP contribution in [-0.4, -0.2) is 19.0 Å². The van der Waals surface area contributed by atoms with E-state index in [9.17, 15) is 4.79 Å². The maximum atomic E-state index is 11.4. The Hall–Kier alpha value is -1.71. The van der Waals surface area contributed by atoms with E-state index in [4.69, 9.17) is 5.73 Å². The molecular formula is C12H17N3O. The third-order valence-electron chi connectivity index (χ3n) is 2.99. The predicted octanol–water partition coefficient (Wildman–Crippen LogP) is 1.45. The third kappa shape index (κ3) is 2.10. The summed E-state index contributed by atoms with van der Waals surface area (Å²) >= 11 is 0. The summed E-state index contributed by atoms with van der Waals surface area (Å²) in [5.41, 5.74) is 8.03. The molecule has 86 valence electrons. The summed E-state index contributed by atoms with van der Waals surface area (Å²) in [6.07, 6.45) is 1.19. The number of nitrogens with two attached hydrogens (primary N) is 1. The summed E-state index contributed by atoms with van der Waals surface area (Å²) in [6, 6.07) is 5.89. The number of rotatable bonds is 3. The van der Waals surface area contributed by atoms with Gasteiger partial charge in [-0.05, 0) is 30.5 Å². The Bertz CT molecular complexity index is 417. The van der Waals surface area contributed by atoms with Gasteiger partial charge in [0, 0.05) is 18.7 Å². The number of amides is 1. The van der Waals surface area contributed by atoms with Gasteiger partial charge in [0.25, 0.3) is 5.91 Å². The first-order valence-electron chi connectivity index (χ1n) is 5.50. The fraction of sp³-hybridized carbons (Fsp3) is 0.417. The molecule has 1 amide bonds. The van der Waals surface area contributed by atoms with Crippen LogP contribution in [0.2, 0.25) is 0 Å². The van der Waals surface area contributed by atoms with E-state index in [0.29, 0.717) is 17.3 Å². The van der Waals surface area contributed by atoms with Gasteiger partial charge in [-0.25, -0.2) is 0 Å². The lowest BCUT2D eigenvalue weighted by atomic mass is 10.1. The van der Waals surface area contributed by atoms with Gasteiger partial charge in [-0.15, -0.1) is 0 Å². The molecule has 0 saturated heterocycles. The molecule has 0 aromatic heterocycles. The van der Waals surface area contributed by atoms with Crippen molar-refractivity contribution in [3.05, 3.63) is 23.8 Å². The number of carbonyl (C=O) groups excluding carboxylic acids is 1. The molecule has 4 N–H and O–H groups in total. The van der Waals surface area contributed by atoms with E-state index >= 15 is 0 Å². The van der Waals surface area contributed by atoms with Crippen molar-refractivity contribution in [2.45, 2.75) is 19.4 Å². The van der Waals surface area contributed by atoms with Crippen LogP contribution in [0.4, 0.5) is 11.4 Å². The first-order valence-corrected chi connectivity index (χ1v) is 5.50. The van der Waals surface area contributed by atoms with Crippen LogP contribution >= 0.6 is 0 Å². The van der Waals surface area contributed by atoms with Crippen molar-refractivity contribution in [3.63, 3.8) is 0 Å². The van der Waals surface area contributed by atoms with Gasteiger partial charge in [0.05, 0.1) is 11.4 Å². The normalized spacial score (nSPS) is 22.6. The number of nitrogens with one attached hydrogen (secondary N) is 2. The number of hydrogen-bond acceptors (Lipinski definition) is 3. The van der Waals surface area contributed by atoms with E-state index in [1.165, 1.54) is 6.42 Å². The van der Waals surface area contributed by atoms with E-state index in [0.717, 1.165) is 11.6 Å². The molecule has 0 heterocycles. The molecule has 1 aromatic carbocycles. The molecule has 1 fully saturated rings. The van der Waals surface area contributed by atoms with E-state index in [2.05, 4.69) is 17.6 Å². The molecule has 1 aliphatic rings. The zero-order valence-corrected chi connectivity index (χ0v) is 9.58. The fourth-order valence-corrected chi connectivity index (χ4v) is 1.70. The molecule has 0 radical (unpaired) electrons. The molecule has 0 aliphatic heterocycles. The maximum absolute atomic E-state index is 11.4. The molecule has 0 bridgehead atoms. The van der Waals surface area contributed by atoms with Crippen LogP contribution in [0.3, 0.4) is 0 Å². The molecule has 2 atom stereocenters. The smallest absolute Gasteiger partial charge is 0.251 e.